The van der Waals surface area contributed by atoms with E-state index in [-0.39, 0.29) is 23.8 Å². The molecule has 39 heavy (non-hydrogen) atoms. The summed E-state index contributed by atoms with van der Waals surface area (Å²) < 4.78 is 0. The van der Waals surface area contributed by atoms with Crippen molar-refractivity contribution in [2.24, 2.45) is 5.92 Å². The molecule has 2 N–H and O–H groups in total. The van der Waals surface area contributed by atoms with Gasteiger partial charge in [0.05, 0.1) is 0 Å². The summed E-state index contributed by atoms with van der Waals surface area (Å²) in [6.07, 6.45) is 2.65. The van der Waals surface area contributed by atoms with Crippen molar-refractivity contribution in [3.05, 3.63) is 108 Å². The second kappa shape index (κ2) is 14.9. The Morgan fingerprint density at radius 1 is 0.846 bits per heavy atom. The van der Waals surface area contributed by atoms with Crippen LogP contribution in [0.2, 0.25) is 0 Å². The number of benzene rings is 3. The smallest absolute Gasteiger partial charge is 0.253 e. The van der Waals surface area contributed by atoms with E-state index in [1.807, 2.05) is 92.4 Å². The van der Waals surface area contributed by atoms with Gasteiger partial charge in [0, 0.05) is 41.9 Å². The molecule has 0 heterocycles. The van der Waals surface area contributed by atoms with Gasteiger partial charge in [-0.25, -0.2) is 0 Å². The lowest BCUT2D eigenvalue weighted by atomic mass is 9.94. The Kier molecular flexibility index (Phi) is 11.3. The zero-order valence-corrected chi connectivity index (χ0v) is 23.3. The summed E-state index contributed by atoms with van der Waals surface area (Å²) in [6.45, 7) is 11.4. The first-order chi connectivity index (χ1) is 18.8. The third-order valence-electron chi connectivity index (χ3n) is 6.50. The zero-order chi connectivity index (χ0) is 28.2. The van der Waals surface area contributed by atoms with Crippen LogP contribution in [0.3, 0.4) is 0 Å². The number of carbonyl (C=O) groups excluding carboxylic acids is 3. The molecule has 1 unspecified atom stereocenters. The van der Waals surface area contributed by atoms with Gasteiger partial charge in [0.1, 0.15) is 0 Å². The highest BCUT2D eigenvalue weighted by atomic mass is 16.2. The average molecular weight is 527 g/mol. The topological polar surface area (TPSA) is 78.5 Å². The maximum absolute atomic E-state index is 13.5. The van der Waals surface area contributed by atoms with Crippen molar-refractivity contribution in [1.82, 2.24) is 10.2 Å². The fourth-order valence-corrected chi connectivity index (χ4v) is 4.65. The summed E-state index contributed by atoms with van der Waals surface area (Å²) in [4.78, 5) is 41.4. The Labute approximate surface area is 232 Å². The van der Waals surface area contributed by atoms with Crippen LogP contribution in [0.5, 0.6) is 0 Å². The van der Waals surface area contributed by atoms with Gasteiger partial charge < -0.3 is 15.5 Å². The maximum atomic E-state index is 13.5. The Morgan fingerprint density at radius 2 is 1.44 bits per heavy atom. The minimum absolute atomic E-state index is 0.0623. The number of nitrogens with one attached hydrogen (secondary N) is 2. The molecule has 0 fully saturated rings. The molecule has 6 heteroatoms. The normalized spacial score (nSPS) is 12.3. The number of hydrogen-bond donors (Lipinski definition) is 2. The fourth-order valence-electron chi connectivity index (χ4n) is 4.65. The molecule has 0 saturated heterocycles. The van der Waals surface area contributed by atoms with Crippen molar-refractivity contribution < 1.29 is 14.4 Å². The molecule has 0 aliphatic heterocycles. The summed E-state index contributed by atoms with van der Waals surface area (Å²) >= 11 is 0. The van der Waals surface area contributed by atoms with Gasteiger partial charge in [-0.2, -0.15) is 0 Å². The van der Waals surface area contributed by atoms with E-state index in [0.29, 0.717) is 42.7 Å². The molecule has 205 valence electrons. The van der Waals surface area contributed by atoms with E-state index in [2.05, 4.69) is 17.6 Å². The van der Waals surface area contributed by atoms with Crippen LogP contribution in [0, 0.1) is 19.8 Å². The highest BCUT2D eigenvalue weighted by Gasteiger charge is 2.23. The maximum Gasteiger partial charge on any atom is 0.253 e. The molecule has 3 rings (SSSR count). The summed E-state index contributed by atoms with van der Waals surface area (Å²) in [5, 5.41) is 6.02. The molecule has 3 aromatic rings. The van der Waals surface area contributed by atoms with Crippen molar-refractivity contribution in [2.75, 3.05) is 18.4 Å². The Balaban J connectivity index is 1.78. The molecule has 3 aromatic carbocycles. The third kappa shape index (κ3) is 9.10. The third-order valence-corrected chi connectivity index (χ3v) is 6.50. The van der Waals surface area contributed by atoms with E-state index >= 15 is 0 Å². The molecule has 6 nitrogen and oxygen atoms in total. The van der Waals surface area contributed by atoms with Gasteiger partial charge in [-0.3, -0.25) is 14.4 Å². The Bertz CT molecular complexity index is 1220. The monoisotopic (exact) mass is 526 g/mol. The first-order valence-electron chi connectivity index (χ1n) is 13.7. The number of anilines is 1. The predicted molar refractivity (Wildman–Crippen MR) is 158 cm³/mol. The van der Waals surface area contributed by atoms with Crippen LogP contribution in [-0.4, -0.2) is 41.8 Å². The van der Waals surface area contributed by atoms with Crippen LogP contribution < -0.4 is 10.6 Å². The lowest BCUT2D eigenvalue weighted by Crippen LogP contribution is -2.39. The number of rotatable bonds is 13. The second-order valence-corrected chi connectivity index (χ2v) is 10.0. The molecule has 0 aliphatic rings. The van der Waals surface area contributed by atoms with E-state index in [9.17, 15) is 14.4 Å². The Hall–Kier alpha value is -3.93. The van der Waals surface area contributed by atoms with Gasteiger partial charge in [0.2, 0.25) is 5.91 Å². The molecule has 0 bridgehead atoms. The highest BCUT2D eigenvalue weighted by Crippen LogP contribution is 2.17. The van der Waals surface area contributed by atoms with Gasteiger partial charge >= 0.3 is 0 Å². The number of para-hydroxylation sites is 1. The summed E-state index contributed by atoms with van der Waals surface area (Å²) in [7, 11) is 0. The fraction of sp³-hybridized carbons (Fsp3) is 0.333. The van der Waals surface area contributed by atoms with Gasteiger partial charge in [-0.05, 0) is 81.0 Å². The molecular formula is C33H40N3O3. The standard InChI is InChI=1S/C33H40N3O3/c1-5-17-36(18-6-2)33(39)28-20-24(3)19-27(23-28)32(38)35-30(22-26-13-9-7-10-14-26)21-25(4)31(37)34-29-15-11-8-12-16-29/h7-16,19-20,23,25,30H,4-6,17-18,21-22H2,1-3H3,(H,34,37)(H,35,38)/t25?,30-/m1/s1. The number of carbonyl (C=O) groups is 3. The largest absolute Gasteiger partial charge is 0.349 e. The summed E-state index contributed by atoms with van der Waals surface area (Å²) in [5.74, 6) is -1.12. The van der Waals surface area contributed by atoms with Gasteiger partial charge in [0.15, 0.2) is 0 Å². The highest BCUT2D eigenvalue weighted by molar-refractivity contribution is 6.00. The first kappa shape index (κ1) is 29.6. The van der Waals surface area contributed by atoms with E-state index in [0.717, 1.165) is 24.0 Å². The first-order valence-corrected chi connectivity index (χ1v) is 13.7. The predicted octanol–water partition coefficient (Wildman–Crippen LogP) is 6.08. The van der Waals surface area contributed by atoms with Crippen LogP contribution in [0.15, 0.2) is 78.9 Å². The van der Waals surface area contributed by atoms with E-state index in [1.54, 1.807) is 12.1 Å². The van der Waals surface area contributed by atoms with E-state index in [4.69, 9.17) is 0 Å². The molecule has 0 saturated carbocycles. The summed E-state index contributed by atoms with van der Waals surface area (Å²) in [6, 6.07) is 24.1. The van der Waals surface area contributed by atoms with Crippen molar-refractivity contribution in [2.45, 2.75) is 52.5 Å². The Morgan fingerprint density at radius 3 is 2.05 bits per heavy atom. The number of aryl methyl sites for hydroxylation is 1. The quantitative estimate of drug-likeness (QED) is 0.283. The minimum Gasteiger partial charge on any atom is -0.349 e. The number of amides is 3. The van der Waals surface area contributed by atoms with Crippen LogP contribution in [-0.2, 0) is 11.2 Å². The number of nitrogens with zero attached hydrogens (tertiary/aromatic N) is 1. The number of hydrogen-bond acceptors (Lipinski definition) is 3. The molecule has 0 aliphatic carbocycles. The van der Waals surface area contributed by atoms with Crippen LogP contribution >= 0.6 is 0 Å². The van der Waals surface area contributed by atoms with Crippen LogP contribution in [0.4, 0.5) is 5.69 Å². The molecule has 2 atom stereocenters. The average Bonchev–Trinajstić information content (AvgIpc) is 2.93. The zero-order valence-electron chi connectivity index (χ0n) is 23.3. The van der Waals surface area contributed by atoms with Crippen molar-refractivity contribution in [1.29, 1.82) is 0 Å². The lowest BCUT2D eigenvalue weighted by Gasteiger charge is -2.23. The molecule has 3 amide bonds. The van der Waals surface area contributed by atoms with E-state index in [1.165, 1.54) is 0 Å². The van der Waals surface area contributed by atoms with Gasteiger partial charge in [-0.1, -0.05) is 62.4 Å². The molecule has 1 radical (unpaired) electrons. The van der Waals surface area contributed by atoms with Crippen molar-refractivity contribution >= 4 is 23.4 Å². The minimum atomic E-state index is -0.578. The van der Waals surface area contributed by atoms with E-state index < -0.39 is 5.92 Å². The van der Waals surface area contributed by atoms with Crippen LogP contribution in [0.1, 0.15) is 65.0 Å². The van der Waals surface area contributed by atoms with Crippen LogP contribution in [0.25, 0.3) is 0 Å². The summed E-state index contributed by atoms with van der Waals surface area (Å²) in [5.41, 5.74) is 3.54. The lowest BCUT2D eigenvalue weighted by molar-refractivity contribution is -0.119. The molecule has 0 spiro atoms. The van der Waals surface area contributed by atoms with Gasteiger partial charge in [0.25, 0.3) is 11.8 Å². The SMILES string of the molecule is [CH2]C(C[C@H](Cc1ccccc1)NC(=O)c1cc(C)cc(C(=O)N(CCC)CCC)c1)C(=O)Nc1ccccc1. The second-order valence-electron chi connectivity index (χ2n) is 10.0. The molecular weight excluding hydrogens is 486 g/mol. The van der Waals surface area contributed by atoms with Crippen molar-refractivity contribution in [3.63, 3.8) is 0 Å². The van der Waals surface area contributed by atoms with Crippen molar-refractivity contribution in [3.8, 4) is 0 Å². The molecule has 0 aromatic heterocycles. The van der Waals surface area contributed by atoms with Gasteiger partial charge in [-0.15, -0.1) is 0 Å².